The van der Waals surface area contributed by atoms with E-state index in [0.717, 1.165) is 0 Å². The number of nitro benzene ring substituents is 1. The van der Waals surface area contributed by atoms with Crippen LogP contribution in [0.25, 0.3) is 0 Å². The topological polar surface area (TPSA) is 95.7 Å². The Kier molecular flexibility index (Phi) is 4.01. The fourth-order valence-electron chi connectivity index (χ4n) is 2.44. The van der Waals surface area contributed by atoms with Crippen LogP contribution in [0.15, 0.2) is 18.2 Å². The highest BCUT2D eigenvalue weighted by Gasteiger charge is 2.32. The largest absolute Gasteiger partial charge is 0.390 e. The van der Waals surface area contributed by atoms with Crippen LogP contribution in [0, 0.1) is 17.0 Å². The molecule has 0 spiro atoms. The molecule has 20 heavy (non-hydrogen) atoms. The Hall–Kier alpha value is -1.99. The molecule has 1 amide bonds. The molecular formula is C13H17N3O4. The van der Waals surface area contributed by atoms with Crippen molar-refractivity contribution in [1.82, 2.24) is 10.2 Å². The lowest BCUT2D eigenvalue weighted by Crippen LogP contribution is -2.44. The van der Waals surface area contributed by atoms with E-state index >= 15 is 0 Å². The van der Waals surface area contributed by atoms with Crippen molar-refractivity contribution < 1.29 is 14.8 Å². The molecule has 2 N–H and O–H groups in total. The van der Waals surface area contributed by atoms with Gasteiger partial charge >= 0.3 is 0 Å². The Morgan fingerprint density at radius 2 is 2.20 bits per heavy atom. The molecule has 0 aliphatic carbocycles. The SMILES string of the molecule is Cc1c(C(=O)N(C)[C@H]2CNC[C@@H]2O)cccc1[N+](=O)[O-]. The average molecular weight is 279 g/mol. The summed E-state index contributed by atoms with van der Waals surface area (Å²) in [4.78, 5) is 24.3. The number of carbonyl (C=O) groups is 1. The highest BCUT2D eigenvalue weighted by atomic mass is 16.6. The molecule has 1 aromatic rings. The quantitative estimate of drug-likeness (QED) is 0.613. The maximum absolute atomic E-state index is 12.4. The number of β-amino-alcohol motifs (C(OH)–C–C–N with tert-alkyl or cyclic N) is 1. The predicted molar refractivity (Wildman–Crippen MR) is 72.6 cm³/mol. The standard InChI is InChI=1S/C13H17N3O4/c1-8-9(4-3-5-10(8)16(19)20)13(18)15(2)11-6-14-7-12(11)17/h3-5,11-12,14,17H,6-7H2,1-2H3/t11-,12-/m0/s1. The van der Waals surface area contributed by atoms with Crippen molar-refractivity contribution in [3.63, 3.8) is 0 Å². The number of benzene rings is 1. The van der Waals surface area contributed by atoms with Crippen LogP contribution in [0.4, 0.5) is 5.69 Å². The van der Waals surface area contributed by atoms with Gasteiger partial charge in [0.1, 0.15) is 0 Å². The second-order valence-corrected chi connectivity index (χ2v) is 4.92. The number of nitrogens with one attached hydrogen (secondary N) is 1. The molecule has 1 aromatic carbocycles. The number of hydrogen-bond acceptors (Lipinski definition) is 5. The van der Waals surface area contributed by atoms with Crippen LogP contribution in [0.5, 0.6) is 0 Å². The van der Waals surface area contributed by atoms with Crippen molar-refractivity contribution in [3.05, 3.63) is 39.4 Å². The number of nitrogens with zero attached hydrogens (tertiary/aromatic N) is 2. The third-order valence-corrected chi connectivity index (χ3v) is 3.70. The Bertz CT molecular complexity index is 546. The molecule has 0 radical (unpaired) electrons. The molecule has 1 saturated heterocycles. The van der Waals surface area contributed by atoms with E-state index in [0.29, 0.717) is 24.2 Å². The molecule has 108 valence electrons. The van der Waals surface area contributed by atoms with Crippen LogP contribution >= 0.6 is 0 Å². The minimum atomic E-state index is -0.622. The molecule has 2 rings (SSSR count). The predicted octanol–water partition coefficient (Wildman–Crippen LogP) is 0.308. The summed E-state index contributed by atoms with van der Waals surface area (Å²) >= 11 is 0. The summed E-state index contributed by atoms with van der Waals surface area (Å²) in [5.74, 6) is -0.320. The van der Waals surface area contributed by atoms with Crippen molar-refractivity contribution in [2.75, 3.05) is 20.1 Å². The van der Waals surface area contributed by atoms with Crippen LogP contribution in [-0.2, 0) is 0 Å². The van der Waals surface area contributed by atoms with Crippen LogP contribution in [-0.4, -0.2) is 53.1 Å². The molecule has 1 aliphatic rings. The molecule has 1 heterocycles. The second-order valence-electron chi connectivity index (χ2n) is 4.92. The van der Waals surface area contributed by atoms with Gasteiger partial charge in [0.15, 0.2) is 0 Å². The fraction of sp³-hybridized carbons (Fsp3) is 0.462. The second kappa shape index (κ2) is 5.56. The maximum Gasteiger partial charge on any atom is 0.273 e. The molecule has 0 saturated carbocycles. The summed E-state index contributed by atoms with van der Waals surface area (Å²) in [6.07, 6.45) is -0.622. The molecule has 2 atom stereocenters. The van der Waals surface area contributed by atoms with Gasteiger partial charge in [0.25, 0.3) is 11.6 Å². The van der Waals surface area contributed by atoms with Gasteiger partial charge in [0.05, 0.1) is 17.1 Å². The van der Waals surface area contributed by atoms with Gasteiger partial charge in [-0.2, -0.15) is 0 Å². The summed E-state index contributed by atoms with van der Waals surface area (Å²) in [5.41, 5.74) is 0.560. The van der Waals surface area contributed by atoms with Crippen molar-refractivity contribution in [3.8, 4) is 0 Å². The Morgan fingerprint density at radius 3 is 2.75 bits per heavy atom. The normalized spacial score (nSPS) is 21.8. The lowest BCUT2D eigenvalue weighted by molar-refractivity contribution is -0.385. The van der Waals surface area contributed by atoms with E-state index < -0.39 is 11.0 Å². The smallest absolute Gasteiger partial charge is 0.273 e. The fourth-order valence-corrected chi connectivity index (χ4v) is 2.44. The van der Waals surface area contributed by atoms with Crippen LogP contribution < -0.4 is 5.32 Å². The van der Waals surface area contributed by atoms with Crippen molar-refractivity contribution in [2.45, 2.75) is 19.1 Å². The zero-order chi connectivity index (χ0) is 14.9. The number of nitro groups is 1. The van der Waals surface area contributed by atoms with Crippen molar-refractivity contribution >= 4 is 11.6 Å². The molecule has 1 aliphatic heterocycles. The van der Waals surface area contributed by atoms with Gasteiger partial charge in [0.2, 0.25) is 0 Å². The first-order chi connectivity index (χ1) is 9.43. The molecule has 0 aromatic heterocycles. The highest BCUT2D eigenvalue weighted by molar-refractivity contribution is 5.96. The summed E-state index contributed by atoms with van der Waals surface area (Å²) in [6.45, 7) is 2.51. The van der Waals surface area contributed by atoms with Gasteiger partial charge in [-0.15, -0.1) is 0 Å². The number of rotatable bonds is 3. The van der Waals surface area contributed by atoms with Crippen molar-refractivity contribution in [1.29, 1.82) is 0 Å². The Labute approximate surface area is 116 Å². The third-order valence-electron chi connectivity index (χ3n) is 3.70. The first kappa shape index (κ1) is 14.4. The van der Waals surface area contributed by atoms with E-state index in [1.165, 1.54) is 17.0 Å². The molecule has 1 fully saturated rings. The maximum atomic E-state index is 12.4. The first-order valence-corrected chi connectivity index (χ1v) is 6.33. The highest BCUT2D eigenvalue weighted by Crippen LogP contribution is 2.23. The van der Waals surface area contributed by atoms with Gasteiger partial charge < -0.3 is 15.3 Å². The van der Waals surface area contributed by atoms with E-state index in [9.17, 15) is 20.0 Å². The summed E-state index contributed by atoms with van der Waals surface area (Å²) in [7, 11) is 1.60. The minimum Gasteiger partial charge on any atom is -0.390 e. The molecule has 0 bridgehead atoms. The number of aliphatic hydroxyl groups excluding tert-OH is 1. The van der Waals surface area contributed by atoms with E-state index in [1.54, 1.807) is 20.0 Å². The molecule has 7 nitrogen and oxygen atoms in total. The van der Waals surface area contributed by atoms with Gasteiger partial charge in [-0.25, -0.2) is 0 Å². The minimum absolute atomic E-state index is 0.0747. The zero-order valence-electron chi connectivity index (χ0n) is 11.4. The van der Waals surface area contributed by atoms with Crippen LogP contribution in [0.3, 0.4) is 0 Å². The Balaban J connectivity index is 2.29. The number of likely N-dealkylation sites (N-methyl/N-ethyl adjacent to an activating group) is 1. The van der Waals surface area contributed by atoms with Crippen LogP contribution in [0.2, 0.25) is 0 Å². The lowest BCUT2D eigenvalue weighted by Gasteiger charge is -2.26. The van der Waals surface area contributed by atoms with Gasteiger partial charge in [0, 0.05) is 37.3 Å². The number of hydrogen-bond donors (Lipinski definition) is 2. The van der Waals surface area contributed by atoms with E-state index in [-0.39, 0.29) is 17.6 Å². The van der Waals surface area contributed by atoms with Gasteiger partial charge in [-0.3, -0.25) is 14.9 Å². The van der Waals surface area contributed by atoms with E-state index in [2.05, 4.69) is 5.32 Å². The summed E-state index contributed by atoms with van der Waals surface area (Å²) in [5, 5.41) is 23.7. The molecule has 7 heteroatoms. The molecule has 0 unspecified atom stereocenters. The monoisotopic (exact) mass is 279 g/mol. The van der Waals surface area contributed by atoms with Gasteiger partial charge in [-0.05, 0) is 13.0 Å². The lowest BCUT2D eigenvalue weighted by atomic mass is 10.0. The Morgan fingerprint density at radius 1 is 1.50 bits per heavy atom. The van der Waals surface area contributed by atoms with E-state index in [1.807, 2.05) is 0 Å². The zero-order valence-corrected chi connectivity index (χ0v) is 11.4. The van der Waals surface area contributed by atoms with Crippen LogP contribution in [0.1, 0.15) is 15.9 Å². The average Bonchev–Trinajstić information content (AvgIpc) is 2.83. The molecular weight excluding hydrogens is 262 g/mol. The number of carbonyl (C=O) groups excluding carboxylic acids is 1. The first-order valence-electron chi connectivity index (χ1n) is 6.33. The third kappa shape index (κ3) is 2.50. The van der Waals surface area contributed by atoms with E-state index in [4.69, 9.17) is 0 Å². The summed E-state index contributed by atoms with van der Waals surface area (Å²) < 4.78 is 0. The summed E-state index contributed by atoms with van der Waals surface area (Å²) in [6, 6.07) is 4.12. The number of aliphatic hydroxyl groups is 1. The van der Waals surface area contributed by atoms with Crippen molar-refractivity contribution in [2.24, 2.45) is 0 Å². The van der Waals surface area contributed by atoms with Gasteiger partial charge in [-0.1, -0.05) is 6.07 Å². The number of amides is 1.